The van der Waals surface area contributed by atoms with E-state index in [1.54, 1.807) is 12.1 Å². The summed E-state index contributed by atoms with van der Waals surface area (Å²) >= 11 is 0. The maximum absolute atomic E-state index is 12.6. The van der Waals surface area contributed by atoms with Crippen LogP contribution in [0.2, 0.25) is 0 Å². The number of carbonyl (C=O) groups excluding carboxylic acids is 2. The van der Waals surface area contributed by atoms with Crippen molar-refractivity contribution in [3.05, 3.63) is 66.0 Å². The fourth-order valence-corrected chi connectivity index (χ4v) is 2.30. The third-order valence-electron chi connectivity index (χ3n) is 3.85. The maximum atomic E-state index is 12.6. The number of hydrogen-bond acceptors (Lipinski definition) is 6. The van der Waals surface area contributed by atoms with Crippen LogP contribution < -0.4 is 5.32 Å². The molecule has 0 aliphatic rings. The van der Waals surface area contributed by atoms with E-state index in [0.717, 1.165) is 24.3 Å². The first-order valence-electron chi connectivity index (χ1n) is 8.26. The monoisotopic (exact) mass is 405 g/mol. The molecule has 0 aliphatic heterocycles. The van der Waals surface area contributed by atoms with Gasteiger partial charge >= 0.3 is 12.1 Å². The van der Waals surface area contributed by atoms with Gasteiger partial charge in [0.1, 0.15) is 6.33 Å². The smallest absolute Gasteiger partial charge is 0.416 e. The second kappa shape index (κ2) is 8.09. The number of carbonyl (C=O) groups is 2. The molecule has 1 atom stereocenters. The Labute approximate surface area is 162 Å². The molecule has 0 bridgehead atoms. The highest BCUT2D eigenvalue weighted by molar-refractivity contribution is 5.97. The van der Waals surface area contributed by atoms with E-state index in [1.807, 2.05) is 0 Å². The average molecular weight is 405 g/mol. The van der Waals surface area contributed by atoms with Gasteiger partial charge in [-0.15, -0.1) is 5.10 Å². The first-order valence-corrected chi connectivity index (χ1v) is 8.26. The van der Waals surface area contributed by atoms with Crippen LogP contribution in [0.5, 0.6) is 0 Å². The normalized spacial score (nSPS) is 12.3. The van der Waals surface area contributed by atoms with E-state index < -0.39 is 29.7 Å². The van der Waals surface area contributed by atoms with Gasteiger partial charge in [-0.25, -0.2) is 9.48 Å². The SMILES string of the molecule is C[C@@H](OC(=O)c1ccc(-n2cnnn2)cc1)C(=O)Nc1ccc(C(F)(F)F)cc1. The number of rotatable bonds is 5. The lowest BCUT2D eigenvalue weighted by Gasteiger charge is -2.14. The first-order chi connectivity index (χ1) is 13.7. The zero-order valence-electron chi connectivity index (χ0n) is 14.9. The second-order valence-electron chi connectivity index (χ2n) is 5.91. The van der Waals surface area contributed by atoms with Crippen molar-refractivity contribution < 1.29 is 27.5 Å². The number of halogens is 3. The molecule has 0 fully saturated rings. The first kappa shape index (κ1) is 20.0. The minimum Gasteiger partial charge on any atom is -0.449 e. The summed E-state index contributed by atoms with van der Waals surface area (Å²) in [6.07, 6.45) is -4.24. The molecule has 1 aromatic heterocycles. The summed E-state index contributed by atoms with van der Waals surface area (Å²) in [6, 6.07) is 10.1. The van der Waals surface area contributed by atoms with Crippen molar-refractivity contribution in [1.82, 2.24) is 20.2 Å². The number of aromatic nitrogens is 4. The van der Waals surface area contributed by atoms with E-state index >= 15 is 0 Å². The van der Waals surface area contributed by atoms with Crippen LogP contribution in [0.15, 0.2) is 54.9 Å². The van der Waals surface area contributed by atoms with Crippen LogP contribution in [0.3, 0.4) is 0 Å². The van der Waals surface area contributed by atoms with Gasteiger partial charge in [-0.05, 0) is 65.9 Å². The van der Waals surface area contributed by atoms with Crippen LogP contribution in [0, 0.1) is 0 Å². The molecule has 2 aromatic carbocycles. The molecule has 1 N–H and O–H groups in total. The highest BCUT2D eigenvalue weighted by Gasteiger charge is 2.30. The van der Waals surface area contributed by atoms with Gasteiger partial charge in [0.2, 0.25) is 0 Å². The molecule has 0 aliphatic carbocycles. The second-order valence-corrected chi connectivity index (χ2v) is 5.91. The molecule has 0 saturated heterocycles. The van der Waals surface area contributed by atoms with Crippen LogP contribution >= 0.6 is 0 Å². The van der Waals surface area contributed by atoms with E-state index in [9.17, 15) is 22.8 Å². The Morgan fingerprint density at radius 3 is 2.28 bits per heavy atom. The Balaban J connectivity index is 1.58. The molecular formula is C18H14F3N5O3. The summed E-state index contributed by atoms with van der Waals surface area (Å²) in [5.41, 5.74) is 0.146. The number of esters is 1. The third-order valence-corrected chi connectivity index (χ3v) is 3.85. The Bertz CT molecular complexity index is 987. The van der Waals surface area contributed by atoms with Crippen molar-refractivity contribution in [2.24, 2.45) is 0 Å². The van der Waals surface area contributed by atoms with Gasteiger partial charge in [0.25, 0.3) is 5.91 Å². The number of hydrogen-bond donors (Lipinski definition) is 1. The lowest BCUT2D eigenvalue weighted by molar-refractivity contribution is -0.137. The Kier molecular flexibility index (Phi) is 5.57. The molecule has 8 nitrogen and oxygen atoms in total. The lowest BCUT2D eigenvalue weighted by Crippen LogP contribution is -2.30. The third kappa shape index (κ3) is 4.94. The number of alkyl halides is 3. The largest absolute Gasteiger partial charge is 0.449 e. The van der Waals surface area contributed by atoms with Crippen LogP contribution in [0.25, 0.3) is 5.69 Å². The number of tetrazole rings is 1. The van der Waals surface area contributed by atoms with Gasteiger partial charge < -0.3 is 10.1 Å². The minimum atomic E-state index is -4.47. The molecule has 0 saturated carbocycles. The van der Waals surface area contributed by atoms with E-state index in [-0.39, 0.29) is 11.3 Å². The van der Waals surface area contributed by atoms with E-state index in [4.69, 9.17) is 4.74 Å². The van der Waals surface area contributed by atoms with Gasteiger partial charge in [0.05, 0.1) is 16.8 Å². The molecule has 1 heterocycles. The topological polar surface area (TPSA) is 99.0 Å². The Hall–Kier alpha value is -3.76. The zero-order valence-corrected chi connectivity index (χ0v) is 14.9. The summed E-state index contributed by atoms with van der Waals surface area (Å²) in [6.45, 7) is 1.35. The van der Waals surface area contributed by atoms with Gasteiger partial charge in [-0.1, -0.05) is 0 Å². The molecule has 29 heavy (non-hydrogen) atoms. The number of benzene rings is 2. The number of amides is 1. The summed E-state index contributed by atoms with van der Waals surface area (Å²) in [7, 11) is 0. The van der Waals surface area contributed by atoms with Crippen LogP contribution in [0.1, 0.15) is 22.8 Å². The number of nitrogens with zero attached hydrogens (tertiary/aromatic N) is 4. The van der Waals surface area contributed by atoms with Gasteiger partial charge in [0.15, 0.2) is 6.10 Å². The minimum absolute atomic E-state index is 0.150. The summed E-state index contributed by atoms with van der Waals surface area (Å²) in [5.74, 6) is -1.41. The zero-order chi connectivity index (χ0) is 21.0. The van der Waals surface area contributed by atoms with Crippen molar-refractivity contribution in [2.75, 3.05) is 5.32 Å². The molecule has 0 spiro atoms. The lowest BCUT2D eigenvalue weighted by atomic mass is 10.2. The van der Waals surface area contributed by atoms with Crippen molar-refractivity contribution in [2.45, 2.75) is 19.2 Å². The molecule has 1 amide bonds. The molecule has 0 radical (unpaired) electrons. The van der Waals surface area contributed by atoms with E-state index in [0.29, 0.717) is 5.69 Å². The number of ether oxygens (including phenoxy) is 1. The van der Waals surface area contributed by atoms with Crippen LogP contribution in [-0.2, 0) is 15.7 Å². The highest BCUT2D eigenvalue weighted by atomic mass is 19.4. The van der Waals surface area contributed by atoms with Crippen molar-refractivity contribution in [1.29, 1.82) is 0 Å². The fourth-order valence-electron chi connectivity index (χ4n) is 2.30. The molecular weight excluding hydrogens is 391 g/mol. The quantitative estimate of drug-likeness (QED) is 0.656. The molecule has 11 heteroatoms. The van der Waals surface area contributed by atoms with Gasteiger partial charge in [0, 0.05) is 5.69 Å². The van der Waals surface area contributed by atoms with Crippen molar-refractivity contribution in [3.8, 4) is 5.69 Å². The van der Waals surface area contributed by atoms with Crippen molar-refractivity contribution in [3.63, 3.8) is 0 Å². The fraction of sp³-hybridized carbons (Fsp3) is 0.167. The van der Waals surface area contributed by atoms with Gasteiger partial charge in [-0.2, -0.15) is 13.2 Å². The van der Waals surface area contributed by atoms with E-state index in [1.165, 1.54) is 30.1 Å². The van der Waals surface area contributed by atoms with Crippen LogP contribution in [-0.4, -0.2) is 38.2 Å². The standard InChI is InChI=1S/C18H14F3N5O3/c1-11(16(27)23-14-6-4-13(5-7-14)18(19,20)21)29-17(28)12-2-8-15(9-3-12)26-10-22-24-25-26/h2-11H,1H3,(H,23,27)/t11-/m1/s1. The number of nitrogens with one attached hydrogen (secondary N) is 1. The number of anilines is 1. The molecule has 150 valence electrons. The highest BCUT2D eigenvalue weighted by Crippen LogP contribution is 2.29. The summed E-state index contributed by atoms with van der Waals surface area (Å²) in [4.78, 5) is 24.3. The predicted octanol–water partition coefficient (Wildman–Crippen LogP) is 2.87. The maximum Gasteiger partial charge on any atom is 0.416 e. The van der Waals surface area contributed by atoms with Crippen LogP contribution in [0.4, 0.5) is 18.9 Å². The Morgan fingerprint density at radius 1 is 1.07 bits per heavy atom. The average Bonchev–Trinajstić information content (AvgIpc) is 3.22. The van der Waals surface area contributed by atoms with Gasteiger partial charge in [-0.3, -0.25) is 4.79 Å². The summed E-state index contributed by atoms with van der Waals surface area (Å²) < 4.78 is 44.2. The van der Waals surface area contributed by atoms with E-state index in [2.05, 4.69) is 20.8 Å². The molecule has 3 rings (SSSR count). The Morgan fingerprint density at radius 2 is 1.72 bits per heavy atom. The predicted molar refractivity (Wildman–Crippen MR) is 94.1 cm³/mol. The summed E-state index contributed by atoms with van der Waals surface area (Å²) in [5, 5.41) is 13.1. The molecule has 3 aromatic rings. The van der Waals surface area contributed by atoms with Crippen molar-refractivity contribution >= 4 is 17.6 Å². The molecule has 0 unspecified atom stereocenters.